The van der Waals surface area contributed by atoms with Gasteiger partial charge in [-0.2, -0.15) is 0 Å². The van der Waals surface area contributed by atoms with Gasteiger partial charge in [0.2, 0.25) is 0 Å². The molecule has 0 radical (unpaired) electrons. The molecule has 24 heavy (non-hydrogen) atoms. The molecule has 1 amide bonds. The average Bonchev–Trinajstić information content (AvgIpc) is 2.94. The molecule has 1 aromatic rings. The summed E-state index contributed by atoms with van der Waals surface area (Å²) in [6, 6.07) is 4.47. The number of ether oxygens (including phenoxy) is 1. The SMILES string of the molecule is CN(C)CCCc1ccc(N2CCN(C(=O)OC(C)(C)C)CC2)s1. The van der Waals surface area contributed by atoms with Crippen LogP contribution in [-0.2, 0) is 11.2 Å². The van der Waals surface area contributed by atoms with E-state index in [-0.39, 0.29) is 6.09 Å². The number of hydrogen-bond donors (Lipinski definition) is 0. The third-order valence-electron chi connectivity index (χ3n) is 3.92. The van der Waals surface area contributed by atoms with E-state index < -0.39 is 5.60 Å². The Hall–Kier alpha value is -1.27. The van der Waals surface area contributed by atoms with Crippen molar-refractivity contribution in [3.63, 3.8) is 0 Å². The van der Waals surface area contributed by atoms with Gasteiger partial charge in [-0.15, -0.1) is 11.3 Å². The van der Waals surface area contributed by atoms with Crippen LogP contribution in [0.1, 0.15) is 32.1 Å². The summed E-state index contributed by atoms with van der Waals surface area (Å²) in [5.41, 5.74) is -0.427. The van der Waals surface area contributed by atoms with Crippen molar-refractivity contribution in [2.45, 2.75) is 39.2 Å². The monoisotopic (exact) mass is 353 g/mol. The van der Waals surface area contributed by atoms with Crippen LogP contribution in [0.3, 0.4) is 0 Å². The molecule has 0 unspecified atom stereocenters. The van der Waals surface area contributed by atoms with Gasteiger partial charge in [0.15, 0.2) is 0 Å². The summed E-state index contributed by atoms with van der Waals surface area (Å²) in [4.78, 5) is 20.0. The summed E-state index contributed by atoms with van der Waals surface area (Å²) in [6.45, 7) is 10.0. The lowest BCUT2D eigenvalue weighted by atomic mass is 10.2. The van der Waals surface area contributed by atoms with Crippen LogP contribution < -0.4 is 4.90 Å². The molecule has 1 fully saturated rings. The van der Waals surface area contributed by atoms with Crippen LogP contribution in [-0.4, -0.2) is 68.3 Å². The zero-order valence-corrected chi connectivity index (χ0v) is 16.5. The number of piperazine rings is 1. The highest BCUT2D eigenvalue weighted by Crippen LogP contribution is 2.28. The van der Waals surface area contributed by atoms with E-state index in [1.165, 1.54) is 16.3 Å². The van der Waals surface area contributed by atoms with E-state index in [0.29, 0.717) is 0 Å². The molecule has 0 atom stereocenters. The zero-order valence-electron chi connectivity index (χ0n) is 15.7. The van der Waals surface area contributed by atoms with Gasteiger partial charge in [-0.3, -0.25) is 0 Å². The molecule has 2 heterocycles. The van der Waals surface area contributed by atoms with Crippen LogP contribution in [0, 0.1) is 0 Å². The fourth-order valence-corrected chi connectivity index (χ4v) is 3.78. The summed E-state index contributed by atoms with van der Waals surface area (Å²) in [5, 5.41) is 1.32. The fourth-order valence-electron chi connectivity index (χ4n) is 2.68. The number of amides is 1. The minimum Gasteiger partial charge on any atom is -0.444 e. The molecule has 1 aromatic heterocycles. The number of nitrogens with zero attached hydrogens (tertiary/aromatic N) is 3. The normalized spacial score (nSPS) is 15.9. The molecule has 6 heteroatoms. The lowest BCUT2D eigenvalue weighted by molar-refractivity contribution is 0.0241. The molecule has 1 saturated heterocycles. The van der Waals surface area contributed by atoms with Crippen molar-refractivity contribution in [3.05, 3.63) is 17.0 Å². The van der Waals surface area contributed by atoms with Gasteiger partial charge >= 0.3 is 6.09 Å². The van der Waals surface area contributed by atoms with E-state index in [0.717, 1.165) is 39.1 Å². The highest BCUT2D eigenvalue weighted by molar-refractivity contribution is 7.16. The Labute approximate surface area is 150 Å². The summed E-state index contributed by atoms with van der Waals surface area (Å²) >= 11 is 1.88. The van der Waals surface area contributed by atoms with Crippen molar-refractivity contribution >= 4 is 22.4 Å². The Kier molecular flexibility index (Phi) is 6.52. The van der Waals surface area contributed by atoms with E-state index in [9.17, 15) is 4.79 Å². The number of anilines is 1. The molecule has 0 bridgehead atoms. The maximum Gasteiger partial charge on any atom is 0.410 e. The Balaban J connectivity index is 1.80. The van der Waals surface area contributed by atoms with E-state index in [4.69, 9.17) is 4.74 Å². The van der Waals surface area contributed by atoms with Gasteiger partial charge in [-0.1, -0.05) is 0 Å². The van der Waals surface area contributed by atoms with Gasteiger partial charge in [0, 0.05) is 31.1 Å². The van der Waals surface area contributed by atoms with Crippen molar-refractivity contribution in [2.24, 2.45) is 0 Å². The number of carbonyl (C=O) groups excluding carboxylic acids is 1. The molecule has 2 rings (SSSR count). The Morgan fingerprint density at radius 2 is 1.88 bits per heavy atom. The van der Waals surface area contributed by atoms with Gasteiger partial charge < -0.3 is 19.4 Å². The lowest BCUT2D eigenvalue weighted by Gasteiger charge is -2.36. The molecule has 1 aliphatic heterocycles. The molecule has 0 N–H and O–H groups in total. The molecule has 0 aliphatic carbocycles. The van der Waals surface area contributed by atoms with Gasteiger partial charge in [-0.25, -0.2) is 4.79 Å². The van der Waals surface area contributed by atoms with E-state index in [1.54, 1.807) is 0 Å². The number of carbonyl (C=O) groups is 1. The number of aryl methyl sites for hydroxylation is 1. The zero-order chi connectivity index (χ0) is 17.7. The quantitative estimate of drug-likeness (QED) is 0.814. The van der Waals surface area contributed by atoms with Crippen LogP contribution in [0.15, 0.2) is 12.1 Å². The second kappa shape index (κ2) is 8.21. The Bertz CT molecular complexity index is 529. The van der Waals surface area contributed by atoms with E-state index in [1.807, 2.05) is 37.0 Å². The van der Waals surface area contributed by atoms with Gasteiger partial charge in [0.25, 0.3) is 0 Å². The third kappa shape index (κ3) is 5.98. The van der Waals surface area contributed by atoms with Crippen LogP contribution in [0.5, 0.6) is 0 Å². The Morgan fingerprint density at radius 3 is 2.46 bits per heavy atom. The van der Waals surface area contributed by atoms with E-state index in [2.05, 4.69) is 36.0 Å². The average molecular weight is 354 g/mol. The standard InChI is InChI=1S/C18H31N3O2S/c1-18(2,3)23-17(22)21-13-11-20(12-14-21)16-9-8-15(24-16)7-6-10-19(4)5/h8-9H,6-7,10-14H2,1-5H3. The topological polar surface area (TPSA) is 36.0 Å². The van der Waals surface area contributed by atoms with Crippen LogP contribution in [0.4, 0.5) is 9.80 Å². The fraction of sp³-hybridized carbons (Fsp3) is 0.722. The lowest BCUT2D eigenvalue weighted by Crippen LogP contribution is -2.49. The van der Waals surface area contributed by atoms with Crippen molar-refractivity contribution in [2.75, 3.05) is 51.7 Å². The highest BCUT2D eigenvalue weighted by atomic mass is 32.1. The van der Waals surface area contributed by atoms with E-state index >= 15 is 0 Å². The summed E-state index contributed by atoms with van der Waals surface area (Å²) in [7, 11) is 4.23. The summed E-state index contributed by atoms with van der Waals surface area (Å²) in [6.07, 6.45) is 2.14. The first-order valence-corrected chi connectivity index (χ1v) is 9.52. The summed E-state index contributed by atoms with van der Waals surface area (Å²) < 4.78 is 5.45. The number of rotatable bonds is 5. The van der Waals surface area contributed by atoms with Crippen LogP contribution in [0.25, 0.3) is 0 Å². The van der Waals surface area contributed by atoms with Gasteiger partial charge in [0.1, 0.15) is 5.60 Å². The molecule has 0 spiro atoms. The molecule has 0 saturated carbocycles. The van der Waals surface area contributed by atoms with Crippen molar-refractivity contribution in [1.29, 1.82) is 0 Å². The molecule has 0 aromatic carbocycles. The first-order valence-electron chi connectivity index (χ1n) is 8.71. The number of hydrogen-bond acceptors (Lipinski definition) is 5. The van der Waals surface area contributed by atoms with Crippen molar-refractivity contribution in [3.8, 4) is 0 Å². The van der Waals surface area contributed by atoms with Gasteiger partial charge in [-0.05, 0) is 66.4 Å². The highest BCUT2D eigenvalue weighted by Gasteiger charge is 2.26. The third-order valence-corrected chi connectivity index (χ3v) is 5.12. The Morgan fingerprint density at radius 1 is 1.21 bits per heavy atom. The first kappa shape index (κ1) is 19.1. The number of thiophene rings is 1. The molecular formula is C18H31N3O2S. The van der Waals surface area contributed by atoms with Crippen LogP contribution >= 0.6 is 11.3 Å². The van der Waals surface area contributed by atoms with Gasteiger partial charge in [0.05, 0.1) is 5.00 Å². The smallest absolute Gasteiger partial charge is 0.410 e. The van der Waals surface area contributed by atoms with Crippen LogP contribution in [0.2, 0.25) is 0 Å². The molecule has 1 aliphatic rings. The maximum atomic E-state index is 12.1. The predicted molar refractivity (Wildman–Crippen MR) is 101 cm³/mol. The maximum absolute atomic E-state index is 12.1. The molecule has 136 valence electrons. The molecule has 5 nitrogen and oxygen atoms in total. The summed E-state index contributed by atoms with van der Waals surface area (Å²) in [5.74, 6) is 0. The second-order valence-corrected chi connectivity index (χ2v) is 8.75. The largest absolute Gasteiger partial charge is 0.444 e. The first-order chi connectivity index (χ1) is 11.2. The van der Waals surface area contributed by atoms with Crippen molar-refractivity contribution in [1.82, 2.24) is 9.80 Å². The predicted octanol–water partition coefficient (Wildman–Crippen LogP) is 3.30. The minimum atomic E-state index is -0.427. The second-order valence-electron chi connectivity index (χ2n) is 7.60. The molecular weight excluding hydrogens is 322 g/mol. The van der Waals surface area contributed by atoms with Crippen molar-refractivity contribution < 1.29 is 9.53 Å². The minimum absolute atomic E-state index is 0.197.